The molecule has 0 aliphatic heterocycles. The van der Waals surface area contributed by atoms with Crippen LogP contribution in [0.25, 0.3) is 0 Å². The van der Waals surface area contributed by atoms with Crippen LogP contribution in [0.2, 0.25) is 0 Å². The summed E-state index contributed by atoms with van der Waals surface area (Å²) in [7, 11) is 0. The minimum absolute atomic E-state index is 0.178. The van der Waals surface area contributed by atoms with Gasteiger partial charge in [0.15, 0.2) is 5.13 Å². The van der Waals surface area contributed by atoms with Crippen LogP contribution >= 0.6 is 11.3 Å². The smallest absolute Gasteiger partial charge is 0.347 e. The van der Waals surface area contributed by atoms with Crippen molar-refractivity contribution in [3.8, 4) is 0 Å². The Hall–Kier alpha value is -2.28. The van der Waals surface area contributed by atoms with Crippen LogP contribution in [-0.4, -0.2) is 27.0 Å². The Bertz CT molecular complexity index is 625. The summed E-state index contributed by atoms with van der Waals surface area (Å²) >= 11 is 0.972. The van der Waals surface area contributed by atoms with E-state index in [1.54, 1.807) is 12.1 Å². The largest absolute Gasteiger partial charge is 0.477 e. The number of nitrogens with zero attached hydrogens (tertiary/aromatic N) is 2. The van der Waals surface area contributed by atoms with Crippen molar-refractivity contribution < 1.29 is 14.7 Å². The van der Waals surface area contributed by atoms with Crippen molar-refractivity contribution >= 4 is 28.3 Å². The zero-order valence-electron chi connectivity index (χ0n) is 10.8. The van der Waals surface area contributed by atoms with Crippen molar-refractivity contribution in [2.45, 2.75) is 19.8 Å². The van der Waals surface area contributed by atoms with Gasteiger partial charge in [-0.05, 0) is 18.6 Å². The highest BCUT2D eigenvalue weighted by Gasteiger charge is 2.18. The van der Waals surface area contributed by atoms with E-state index in [1.807, 2.05) is 6.92 Å². The maximum Gasteiger partial charge on any atom is 0.347 e. The number of thiazole rings is 1. The average molecular weight is 291 g/mol. The Balaban J connectivity index is 2.19. The van der Waals surface area contributed by atoms with Crippen LogP contribution < -0.4 is 5.32 Å². The predicted octanol–water partition coefficient (Wildman–Crippen LogP) is 2.44. The topological polar surface area (TPSA) is 92.2 Å². The summed E-state index contributed by atoms with van der Waals surface area (Å²) in [4.78, 5) is 31.2. The molecule has 0 unspecified atom stereocenters. The van der Waals surface area contributed by atoms with Gasteiger partial charge in [-0.25, -0.2) is 9.78 Å². The van der Waals surface area contributed by atoms with Crippen LogP contribution in [0.1, 0.15) is 39.1 Å². The number of aromatic nitrogens is 2. The maximum atomic E-state index is 11.9. The van der Waals surface area contributed by atoms with Gasteiger partial charge in [0.05, 0.1) is 5.69 Å². The fourth-order valence-electron chi connectivity index (χ4n) is 1.65. The quantitative estimate of drug-likeness (QED) is 0.882. The second kappa shape index (κ2) is 6.25. The van der Waals surface area contributed by atoms with Gasteiger partial charge in [0.25, 0.3) is 5.91 Å². The van der Waals surface area contributed by atoms with Crippen molar-refractivity contribution in [2.24, 2.45) is 0 Å². The molecule has 0 spiro atoms. The lowest BCUT2D eigenvalue weighted by molar-refractivity contribution is 0.0700. The normalized spacial score (nSPS) is 10.2. The van der Waals surface area contributed by atoms with E-state index in [0.717, 1.165) is 17.8 Å². The van der Waals surface area contributed by atoms with E-state index in [1.165, 1.54) is 12.4 Å². The van der Waals surface area contributed by atoms with Crippen LogP contribution in [0.5, 0.6) is 0 Å². The molecule has 104 valence electrons. The molecule has 20 heavy (non-hydrogen) atoms. The summed E-state index contributed by atoms with van der Waals surface area (Å²) in [6, 6.07) is 3.15. The number of amides is 1. The van der Waals surface area contributed by atoms with Crippen molar-refractivity contribution in [3.63, 3.8) is 0 Å². The molecule has 0 radical (unpaired) electrons. The van der Waals surface area contributed by atoms with Crippen LogP contribution in [0.15, 0.2) is 24.5 Å². The number of carboxylic acids is 1. The van der Waals surface area contributed by atoms with Crippen LogP contribution in [0.4, 0.5) is 5.13 Å². The SMILES string of the molecule is CCCc1nc(NC(=O)c2ccncc2)sc1C(=O)O. The molecule has 1 amide bonds. The fourth-order valence-corrected chi connectivity index (χ4v) is 2.50. The summed E-state index contributed by atoms with van der Waals surface area (Å²) in [6.07, 6.45) is 4.40. The van der Waals surface area contributed by atoms with Crippen molar-refractivity contribution in [3.05, 3.63) is 40.7 Å². The lowest BCUT2D eigenvalue weighted by Crippen LogP contribution is -2.11. The summed E-state index contributed by atoms with van der Waals surface area (Å²) in [5, 5.41) is 12.0. The zero-order chi connectivity index (χ0) is 14.5. The molecule has 7 heteroatoms. The Labute approximate surface area is 119 Å². The first-order chi connectivity index (χ1) is 9.61. The average Bonchev–Trinajstić information content (AvgIpc) is 2.83. The molecular formula is C13H13N3O3S. The van der Waals surface area contributed by atoms with Crippen LogP contribution in [-0.2, 0) is 6.42 Å². The fraction of sp³-hybridized carbons (Fsp3) is 0.231. The maximum absolute atomic E-state index is 11.9. The zero-order valence-corrected chi connectivity index (χ0v) is 11.6. The summed E-state index contributed by atoms with van der Waals surface area (Å²) in [5.41, 5.74) is 0.958. The minimum Gasteiger partial charge on any atom is -0.477 e. The molecule has 2 aromatic heterocycles. The summed E-state index contributed by atoms with van der Waals surface area (Å²) in [5.74, 6) is -1.35. The summed E-state index contributed by atoms with van der Waals surface area (Å²) < 4.78 is 0. The lowest BCUT2D eigenvalue weighted by Gasteiger charge is -2.00. The van der Waals surface area contributed by atoms with Gasteiger partial charge in [-0.1, -0.05) is 24.7 Å². The number of rotatable bonds is 5. The molecule has 6 nitrogen and oxygen atoms in total. The van der Waals surface area contributed by atoms with Crippen LogP contribution in [0.3, 0.4) is 0 Å². The molecule has 0 aliphatic rings. The van der Waals surface area contributed by atoms with Gasteiger partial charge in [0.2, 0.25) is 0 Å². The van der Waals surface area contributed by atoms with Crippen LogP contribution in [0, 0.1) is 0 Å². The first kappa shape index (κ1) is 14.1. The molecule has 2 N–H and O–H groups in total. The van der Waals surface area contributed by atoms with Gasteiger partial charge in [0, 0.05) is 18.0 Å². The number of carbonyl (C=O) groups is 2. The number of carboxylic acid groups (broad SMARTS) is 1. The van der Waals surface area contributed by atoms with Gasteiger partial charge < -0.3 is 5.11 Å². The third-order valence-corrected chi connectivity index (χ3v) is 3.54. The molecule has 0 bridgehead atoms. The van der Waals surface area contributed by atoms with Gasteiger partial charge in [-0.15, -0.1) is 0 Å². The van der Waals surface area contributed by atoms with Gasteiger partial charge in [-0.2, -0.15) is 0 Å². The number of nitrogens with one attached hydrogen (secondary N) is 1. The molecule has 2 rings (SSSR count). The number of carbonyl (C=O) groups excluding carboxylic acids is 1. The van der Waals surface area contributed by atoms with Gasteiger partial charge >= 0.3 is 5.97 Å². The molecule has 2 heterocycles. The molecule has 0 aromatic carbocycles. The van der Waals surface area contributed by atoms with E-state index in [4.69, 9.17) is 5.11 Å². The second-order valence-corrected chi connectivity index (χ2v) is 5.04. The first-order valence-corrected chi connectivity index (χ1v) is 6.87. The predicted molar refractivity (Wildman–Crippen MR) is 75.3 cm³/mol. The summed E-state index contributed by atoms with van der Waals surface area (Å²) in [6.45, 7) is 1.94. The van der Waals surface area contributed by atoms with E-state index < -0.39 is 5.97 Å². The molecule has 0 fully saturated rings. The van der Waals surface area contributed by atoms with Crippen molar-refractivity contribution in [1.29, 1.82) is 0 Å². The van der Waals surface area contributed by atoms with E-state index >= 15 is 0 Å². The number of aromatic carboxylic acids is 1. The van der Waals surface area contributed by atoms with Gasteiger partial charge in [-0.3, -0.25) is 15.1 Å². The Morgan fingerprint density at radius 3 is 2.65 bits per heavy atom. The standard InChI is InChI=1S/C13H13N3O3S/c1-2-3-9-10(12(18)19)20-13(15-9)16-11(17)8-4-6-14-7-5-8/h4-7H,2-3H2,1H3,(H,18,19)(H,15,16,17). The van der Waals surface area contributed by atoms with E-state index in [-0.39, 0.29) is 10.8 Å². The highest BCUT2D eigenvalue weighted by Crippen LogP contribution is 2.24. The highest BCUT2D eigenvalue weighted by molar-refractivity contribution is 7.17. The number of aryl methyl sites for hydroxylation is 1. The third-order valence-electron chi connectivity index (χ3n) is 2.54. The van der Waals surface area contributed by atoms with Crippen molar-refractivity contribution in [2.75, 3.05) is 5.32 Å². The minimum atomic E-state index is -1.02. The Morgan fingerprint density at radius 1 is 1.35 bits per heavy atom. The monoisotopic (exact) mass is 291 g/mol. The molecule has 0 saturated heterocycles. The third kappa shape index (κ3) is 3.18. The Kier molecular flexibility index (Phi) is 4.41. The number of hydrogen-bond donors (Lipinski definition) is 2. The highest BCUT2D eigenvalue weighted by atomic mass is 32.1. The number of hydrogen-bond acceptors (Lipinski definition) is 5. The lowest BCUT2D eigenvalue weighted by atomic mass is 10.2. The first-order valence-electron chi connectivity index (χ1n) is 6.06. The Morgan fingerprint density at radius 2 is 2.05 bits per heavy atom. The molecule has 0 aliphatic carbocycles. The van der Waals surface area contributed by atoms with Crippen molar-refractivity contribution in [1.82, 2.24) is 9.97 Å². The van der Waals surface area contributed by atoms with E-state index in [0.29, 0.717) is 22.8 Å². The number of anilines is 1. The molecular weight excluding hydrogens is 278 g/mol. The molecule has 2 aromatic rings. The van der Waals surface area contributed by atoms with E-state index in [2.05, 4.69) is 15.3 Å². The molecule has 0 atom stereocenters. The van der Waals surface area contributed by atoms with Gasteiger partial charge in [0.1, 0.15) is 4.88 Å². The number of pyridine rings is 1. The van der Waals surface area contributed by atoms with E-state index in [9.17, 15) is 9.59 Å². The molecule has 0 saturated carbocycles. The second-order valence-electron chi connectivity index (χ2n) is 4.04.